The highest BCUT2D eigenvalue weighted by Crippen LogP contribution is 2.16. The molecule has 1 aromatic rings. The smallest absolute Gasteiger partial charge is 0.0803 e. The van der Waals surface area contributed by atoms with E-state index < -0.39 is 8.07 Å². The summed E-state index contributed by atoms with van der Waals surface area (Å²) in [6.45, 7) is 9.33. The highest BCUT2D eigenvalue weighted by molar-refractivity contribution is 6.89. The molecule has 14 heavy (non-hydrogen) atoms. The number of aryl methyl sites for hydroxylation is 1. The van der Waals surface area contributed by atoms with Crippen molar-refractivity contribution < 1.29 is 0 Å². The van der Waals surface area contributed by atoms with Crippen LogP contribution in [0.2, 0.25) is 19.6 Å². The molecule has 0 spiro atoms. The van der Waals surface area contributed by atoms with Gasteiger partial charge in [0.2, 0.25) is 0 Å². The summed E-state index contributed by atoms with van der Waals surface area (Å²) in [4.78, 5) is 2.22. The zero-order valence-electron chi connectivity index (χ0n) is 10.2. The van der Waals surface area contributed by atoms with E-state index in [0.29, 0.717) is 0 Å². The quantitative estimate of drug-likeness (QED) is 0.674. The van der Waals surface area contributed by atoms with Crippen molar-refractivity contribution in [3.8, 4) is 0 Å². The SMILES string of the molecule is Cc1ccc([Si](C)(C)C)c(N(C)C)c1. The van der Waals surface area contributed by atoms with E-state index in [-0.39, 0.29) is 0 Å². The van der Waals surface area contributed by atoms with E-state index in [4.69, 9.17) is 0 Å². The summed E-state index contributed by atoms with van der Waals surface area (Å²) in [5.41, 5.74) is 2.74. The topological polar surface area (TPSA) is 3.24 Å². The van der Waals surface area contributed by atoms with Gasteiger partial charge in [0.05, 0.1) is 8.07 Å². The standard InChI is InChI=1S/C12H21NSi/c1-10-7-8-12(14(4,5)6)11(9-10)13(2)3/h7-9H,1-6H3. The molecule has 1 aromatic carbocycles. The lowest BCUT2D eigenvalue weighted by Crippen LogP contribution is -2.40. The molecule has 0 unspecified atom stereocenters. The van der Waals surface area contributed by atoms with Gasteiger partial charge in [-0.15, -0.1) is 0 Å². The Labute approximate surface area is 88.8 Å². The summed E-state index contributed by atoms with van der Waals surface area (Å²) in [6, 6.07) is 6.81. The Morgan fingerprint density at radius 3 is 2.07 bits per heavy atom. The molecule has 0 aliphatic heterocycles. The first kappa shape index (κ1) is 11.3. The van der Waals surface area contributed by atoms with Crippen LogP contribution in [0, 0.1) is 6.92 Å². The molecule has 78 valence electrons. The third-order valence-electron chi connectivity index (χ3n) is 2.44. The summed E-state index contributed by atoms with van der Waals surface area (Å²) < 4.78 is 0. The molecule has 0 radical (unpaired) electrons. The number of anilines is 1. The zero-order chi connectivity index (χ0) is 10.9. The van der Waals surface area contributed by atoms with Crippen molar-refractivity contribution in [1.29, 1.82) is 0 Å². The van der Waals surface area contributed by atoms with E-state index in [1.165, 1.54) is 11.3 Å². The largest absolute Gasteiger partial charge is 0.378 e. The van der Waals surface area contributed by atoms with Crippen LogP contribution in [0.1, 0.15) is 5.56 Å². The van der Waals surface area contributed by atoms with Gasteiger partial charge in [-0.1, -0.05) is 31.8 Å². The minimum Gasteiger partial charge on any atom is -0.378 e. The third-order valence-corrected chi connectivity index (χ3v) is 4.48. The van der Waals surface area contributed by atoms with Crippen LogP contribution in [-0.2, 0) is 0 Å². The van der Waals surface area contributed by atoms with E-state index in [0.717, 1.165) is 0 Å². The van der Waals surface area contributed by atoms with Crippen molar-refractivity contribution >= 4 is 18.9 Å². The van der Waals surface area contributed by atoms with Crippen LogP contribution in [0.3, 0.4) is 0 Å². The molecule has 0 amide bonds. The van der Waals surface area contributed by atoms with E-state index in [1.54, 1.807) is 5.19 Å². The molecular formula is C12H21NSi. The summed E-state index contributed by atoms with van der Waals surface area (Å²) in [5.74, 6) is 0. The maximum atomic E-state index is 2.39. The van der Waals surface area contributed by atoms with Gasteiger partial charge >= 0.3 is 0 Å². The van der Waals surface area contributed by atoms with Gasteiger partial charge in [-0.2, -0.15) is 0 Å². The third kappa shape index (κ3) is 2.38. The highest BCUT2D eigenvalue weighted by Gasteiger charge is 2.20. The molecule has 0 bridgehead atoms. The van der Waals surface area contributed by atoms with Crippen LogP contribution in [-0.4, -0.2) is 22.2 Å². The Hall–Kier alpha value is -0.763. The number of nitrogens with zero attached hydrogens (tertiary/aromatic N) is 1. The first-order chi connectivity index (χ1) is 6.32. The van der Waals surface area contributed by atoms with Crippen molar-refractivity contribution in [3.63, 3.8) is 0 Å². The molecule has 0 fully saturated rings. The molecule has 0 aliphatic carbocycles. The fourth-order valence-corrected chi connectivity index (χ4v) is 3.29. The number of benzene rings is 1. The molecular weight excluding hydrogens is 186 g/mol. The van der Waals surface area contributed by atoms with Gasteiger partial charge in [0, 0.05) is 19.8 Å². The van der Waals surface area contributed by atoms with E-state index in [9.17, 15) is 0 Å². The normalized spacial score (nSPS) is 11.6. The molecule has 0 saturated carbocycles. The van der Waals surface area contributed by atoms with Gasteiger partial charge in [0.25, 0.3) is 0 Å². The molecule has 0 atom stereocenters. The van der Waals surface area contributed by atoms with Crippen molar-refractivity contribution in [1.82, 2.24) is 0 Å². The molecule has 0 aromatic heterocycles. The predicted octanol–water partition coefficient (Wildman–Crippen LogP) is 2.61. The minimum atomic E-state index is -1.21. The van der Waals surface area contributed by atoms with Gasteiger partial charge in [-0.25, -0.2) is 0 Å². The first-order valence-electron chi connectivity index (χ1n) is 5.11. The van der Waals surface area contributed by atoms with Crippen molar-refractivity contribution in [2.45, 2.75) is 26.6 Å². The van der Waals surface area contributed by atoms with Gasteiger partial charge in [-0.05, 0) is 23.7 Å². The first-order valence-corrected chi connectivity index (χ1v) is 8.61. The Bertz CT molecular complexity index is 324. The van der Waals surface area contributed by atoms with Crippen LogP contribution in [0.5, 0.6) is 0 Å². The van der Waals surface area contributed by atoms with E-state index in [1.807, 2.05) is 0 Å². The van der Waals surface area contributed by atoms with Gasteiger partial charge in [0.15, 0.2) is 0 Å². The van der Waals surface area contributed by atoms with Crippen LogP contribution < -0.4 is 10.1 Å². The summed E-state index contributed by atoms with van der Waals surface area (Å²) in [7, 11) is 3.04. The second-order valence-corrected chi connectivity index (χ2v) is 10.2. The van der Waals surface area contributed by atoms with Crippen LogP contribution in [0.15, 0.2) is 18.2 Å². The Morgan fingerprint density at radius 2 is 1.64 bits per heavy atom. The zero-order valence-corrected chi connectivity index (χ0v) is 11.2. The molecule has 1 rings (SSSR count). The lowest BCUT2D eigenvalue weighted by atomic mass is 10.2. The molecule has 0 aliphatic rings. The van der Waals surface area contributed by atoms with Gasteiger partial charge in [-0.3, -0.25) is 0 Å². The van der Waals surface area contributed by atoms with Crippen molar-refractivity contribution in [2.75, 3.05) is 19.0 Å². The fraction of sp³-hybridized carbons (Fsp3) is 0.500. The van der Waals surface area contributed by atoms with E-state index >= 15 is 0 Å². The molecule has 0 N–H and O–H groups in total. The van der Waals surface area contributed by atoms with Gasteiger partial charge < -0.3 is 4.90 Å². The van der Waals surface area contributed by atoms with Crippen LogP contribution in [0.25, 0.3) is 0 Å². The minimum absolute atomic E-state index is 1.21. The number of hydrogen-bond donors (Lipinski definition) is 0. The number of rotatable bonds is 2. The van der Waals surface area contributed by atoms with Gasteiger partial charge in [0.1, 0.15) is 0 Å². The van der Waals surface area contributed by atoms with Crippen molar-refractivity contribution in [2.24, 2.45) is 0 Å². The second kappa shape index (κ2) is 3.77. The maximum absolute atomic E-state index is 2.39. The predicted molar refractivity (Wildman–Crippen MR) is 68.5 cm³/mol. The Kier molecular flexibility index (Phi) is 3.05. The van der Waals surface area contributed by atoms with Crippen molar-refractivity contribution in [3.05, 3.63) is 23.8 Å². The molecule has 0 saturated heterocycles. The summed E-state index contributed by atoms with van der Waals surface area (Å²) in [5, 5.41) is 1.55. The van der Waals surface area contributed by atoms with Crippen LogP contribution in [0.4, 0.5) is 5.69 Å². The lowest BCUT2D eigenvalue weighted by molar-refractivity contribution is 1.13. The van der Waals surface area contributed by atoms with E-state index in [2.05, 4.69) is 63.8 Å². The lowest BCUT2D eigenvalue weighted by Gasteiger charge is -2.25. The fourth-order valence-electron chi connectivity index (χ4n) is 1.65. The summed E-state index contributed by atoms with van der Waals surface area (Å²) in [6.07, 6.45) is 0. The highest BCUT2D eigenvalue weighted by atomic mass is 28.3. The average Bonchev–Trinajstić information content (AvgIpc) is 2.01. The van der Waals surface area contributed by atoms with Crippen LogP contribution >= 0.6 is 0 Å². The monoisotopic (exact) mass is 207 g/mol. The molecule has 2 heteroatoms. The Balaban J connectivity index is 3.29. The molecule has 0 heterocycles. The number of hydrogen-bond acceptors (Lipinski definition) is 1. The maximum Gasteiger partial charge on any atom is 0.0803 e. The summed E-state index contributed by atoms with van der Waals surface area (Å²) >= 11 is 0. The second-order valence-electron chi connectivity index (χ2n) is 5.17. The average molecular weight is 207 g/mol. The Morgan fingerprint density at radius 1 is 1.07 bits per heavy atom. The molecule has 1 nitrogen and oxygen atoms in total.